The van der Waals surface area contributed by atoms with Crippen LogP contribution in [-0.4, -0.2) is 48.6 Å². The zero-order valence-corrected chi connectivity index (χ0v) is 19.7. The van der Waals surface area contributed by atoms with Crippen molar-refractivity contribution in [2.45, 2.75) is 11.8 Å². The number of rotatable bonds is 9. The molecule has 0 unspecified atom stereocenters. The lowest BCUT2D eigenvalue weighted by atomic mass is 10.3. The van der Waals surface area contributed by atoms with Crippen molar-refractivity contribution in [1.82, 2.24) is 24.7 Å². The molecular formula is C22H22N6O3S2. The Labute approximate surface area is 196 Å². The number of hydrogen-bond acceptors (Lipinski definition) is 9. The first-order chi connectivity index (χ1) is 16.0. The standard InChI is InChI=1S/C22H22N6O3S2/c1-15-20(32-21(26-15)16-4-3-10-23-14-16)19-9-11-24-22(28-19)27-17-5-7-18(8-6-17)33(29,30)25-12-13-31-2/h3-11,14,25H,12-13H2,1-2H3,(H,24,27,28). The monoisotopic (exact) mass is 482 g/mol. The Kier molecular flexibility index (Phi) is 7.04. The summed E-state index contributed by atoms with van der Waals surface area (Å²) in [6, 6.07) is 12.1. The van der Waals surface area contributed by atoms with Crippen LogP contribution in [-0.2, 0) is 14.8 Å². The molecule has 0 atom stereocenters. The van der Waals surface area contributed by atoms with Crippen LogP contribution < -0.4 is 10.0 Å². The summed E-state index contributed by atoms with van der Waals surface area (Å²) in [5, 5.41) is 3.99. The SMILES string of the molecule is COCCNS(=O)(=O)c1ccc(Nc2nccc(-c3sc(-c4cccnc4)nc3C)n2)cc1. The second kappa shape index (κ2) is 10.1. The summed E-state index contributed by atoms with van der Waals surface area (Å²) in [6.45, 7) is 2.45. The third-order valence-corrected chi connectivity index (χ3v) is 7.32. The van der Waals surface area contributed by atoms with E-state index in [2.05, 4.69) is 30.0 Å². The molecule has 4 aromatic rings. The minimum absolute atomic E-state index is 0.169. The summed E-state index contributed by atoms with van der Waals surface area (Å²) in [5.41, 5.74) is 3.24. The highest BCUT2D eigenvalue weighted by atomic mass is 32.2. The van der Waals surface area contributed by atoms with E-state index in [1.54, 1.807) is 42.1 Å². The topological polar surface area (TPSA) is 119 Å². The Morgan fingerprint density at radius 1 is 1.06 bits per heavy atom. The van der Waals surface area contributed by atoms with Crippen LogP contribution in [0.25, 0.3) is 21.1 Å². The van der Waals surface area contributed by atoms with Gasteiger partial charge < -0.3 is 10.1 Å². The van der Waals surface area contributed by atoms with Gasteiger partial charge in [-0.2, -0.15) is 0 Å². The number of sulfonamides is 1. The number of nitrogens with one attached hydrogen (secondary N) is 2. The summed E-state index contributed by atoms with van der Waals surface area (Å²) >= 11 is 1.54. The molecule has 0 aliphatic rings. The van der Waals surface area contributed by atoms with Crippen LogP contribution in [0, 0.1) is 6.92 Å². The normalized spacial score (nSPS) is 11.5. The zero-order valence-electron chi connectivity index (χ0n) is 18.0. The lowest BCUT2D eigenvalue weighted by Crippen LogP contribution is -2.27. The van der Waals surface area contributed by atoms with Crippen molar-refractivity contribution in [1.29, 1.82) is 0 Å². The summed E-state index contributed by atoms with van der Waals surface area (Å²) in [6.07, 6.45) is 5.19. The van der Waals surface area contributed by atoms with E-state index in [-0.39, 0.29) is 11.4 Å². The fraction of sp³-hybridized carbons (Fsp3) is 0.182. The molecule has 0 saturated carbocycles. The van der Waals surface area contributed by atoms with Crippen molar-refractivity contribution in [3.05, 3.63) is 66.7 Å². The minimum Gasteiger partial charge on any atom is -0.383 e. The van der Waals surface area contributed by atoms with E-state index < -0.39 is 10.0 Å². The molecule has 2 N–H and O–H groups in total. The van der Waals surface area contributed by atoms with Gasteiger partial charge in [0.15, 0.2) is 0 Å². The first kappa shape index (κ1) is 22.9. The van der Waals surface area contributed by atoms with Crippen LogP contribution in [0.3, 0.4) is 0 Å². The molecule has 170 valence electrons. The molecule has 11 heteroatoms. The third-order valence-electron chi connectivity index (χ3n) is 4.61. The zero-order chi connectivity index (χ0) is 23.3. The van der Waals surface area contributed by atoms with E-state index in [0.29, 0.717) is 18.2 Å². The van der Waals surface area contributed by atoms with Gasteiger partial charge in [-0.15, -0.1) is 11.3 Å². The highest BCUT2D eigenvalue weighted by Crippen LogP contribution is 2.34. The van der Waals surface area contributed by atoms with Gasteiger partial charge in [0.1, 0.15) is 5.01 Å². The van der Waals surface area contributed by atoms with Crippen LogP contribution >= 0.6 is 11.3 Å². The predicted octanol–water partition coefficient (Wildman–Crippen LogP) is 3.64. The maximum Gasteiger partial charge on any atom is 0.240 e. The number of ether oxygens (including phenoxy) is 1. The maximum atomic E-state index is 12.3. The van der Waals surface area contributed by atoms with Gasteiger partial charge in [-0.25, -0.2) is 28.1 Å². The van der Waals surface area contributed by atoms with Gasteiger partial charge in [0.05, 0.1) is 27.8 Å². The Morgan fingerprint density at radius 3 is 2.61 bits per heavy atom. The number of aromatic nitrogens is 4. The molecule has 0 spiro atoms. The van der Waals surface area contributed by atoms with E-state index in [1.807, 2.05) is 25.1 Å². The molecule has 1 aromatic carbocycles. The van der Waals surface area contributed by atoms with E-state index in [1.165, 1.54) is 19.2 Å². The van der Waals surface area contributed by atoms with Crippen molar-refractivity contribution >= 4 is 33.0 Å². The summed E-state index contributed by atoms with van der Waals surface area (Å²) < 4.78 is 31.9. The fourth-order valence-electron chi connectivity index (χ4n) is 3.00. The molecular weight excluding hydrogens is 460 g/mol. The molecule has 0 radical (unpaired) electrons. The second-order valence-electron chi connectivity index (χ2n) is 6.98. The Balaban J connectivity index is 1.51. The number of pyridine rings is 1. The first-order valence-electron chi connectivity index (χ1n) is 10.0. The smallest absolute Gasteiger partial charge is 0.240 e. The Hall–Kier alpha value is -3.25. The molecule has 0 amide bonds. The molecule has 0 fully saturated rings. The van der Waals surface area contributed by atoms with Gasteiger partial charge in [0.2, 0.25) is 16.0 Å². The molecule has 33 heavy (non-hydrogen) atoms. The van der Waals surface area contributed by atoms with Crippen molar-refractivity contribution in [3.63, 3.8) is 0 Å². The predicted molar refractivity (Wildman–Crippen MR) is 128 cm³/mol. The van der Waals surface area contributed by atoms with Crippen LogP contribution in [0.5, 0.6) is 0 Å². The quantitative estimate of drug-likeness (QED) is 0.347. The molecule has 0 aliphatic heterocycles. The highest BCUT2D eigenvalue weighted by Gasteiger charge is 2.15. The van der Waals surface area contributed by atoms with Gasteiger partial charge >= 0.3 is 0 Å². The summed E-state index contributed by atoms with van der Waals surface area (Å²) in [4.78, 5) is 18.8. The number of methoxy groups -OCH3 is 1. The first-order valence-corrected chi connectivity index (χ1v) is 12.3. The average molecular weight is 483 g/mol. The van der Waals surface area contributed by atoms with E-state index >= 15 is 0 Å². The molecule has 3 aromatic heterocycles. The van der Waals surface area contributed by atoms with E-state index in [4.69, 9.17) is 4.74 Å². The molecule has 0 bridgehead atoms. The number of hydrogen-bond donors (Lipinski definition) is 2. The van der Waals surface area contributed by atoms with Crippen molar-refractivity contribution in [3.8, 4) is 21.1 Å². The van der Waals surface area contributed by atoms with Crippen molar-refractivity contribution in [2.75, 3.05) is 25.6 Å². The number of thiazole rings is 1. The number of aryl methyl sites for hydroxylation is 1. The fourth-order valence-corrected chi connectivity index (χ4v) is 5.04. The van der Waals surface area contributed by atoms with Crippen LogP contribution in [0.2, 0.25) is 0 Å². The van der Waals surface area contributed by atoms with Crippen LogP contribution in [0.15, 0.2) is 66.0 Å². The molecule has 0 aliphatic carbocycles. The summed E-state index contributed by atoms with van der Waals surface area (Å²) in [7, 11) is -2.07. The van der Waals surface area contributed by atoms with E-state index in [0.717, 1.165) is 26.8 Å². The molecule has 4 rings (SSSR count). The van der Waals surface area contributed by atoms with Gasteiger partial charge in [-0.3, -0.25) is 4.98 Å². The minimum atomic E-state index is -3.59. The molecule has 0 saturated heterocycles. The highest BCUT2D eigenvalue weighted by molar-refractivity contribution is 7.89. The second-order valence-corrected chi connectivity index (χ2v) is 9.75. The van der Waals surface area contributed by atoms with Gasteiger partial charge in [0, 0.05) is 43.5 Å². The van der Waals surface area contributed by atoms with Gasteiger partial charge in [0.25, 0.3) is 0 Å². The van der Waals surface area contributed by atoms with Gasteiger partial charge in [-0.05, 0) is 49.4 Å². The third kappa shape index (κ3) is 5.57. The van der Waals surface area contributed by atoms with Crippen LogP contribution in [0.1, 0.15) is 5.69 Å². The Bertz CT molecular complexity index is 1330. The number of nitrogens with zero attached hydrogens (tertiary/aromatic N) is 4. The lowest BCUT2D eigenvalue weighted by molar-refractivity contribution is 0.204. The molecule has 9 nitrogen and oxygen atoms in total. The largest absolute Gasteiger partial charge is 0.383 e. The Morgan fingerprint density at radius 2 is 1.88 bits per heavy atom. The van der Waals surface area contributed by atoms with Crippen molar-refractivity contribution in [2.24, 2.45) is 0 Å². The number of anilines is 2. The van der Waals surface area contributed by atoms with Crippen LogP contribution in [0.4, 0.5) is 11.6 Å². The maximum absolute atomic E-state index is 12.3. The van der Waals surface area contributed by atoms with E-state index in [9.17, 15) is 8.42 Å². The number of benzene rings is 1. The van der Waals surface area contributed by atoms with Crippen molar-refractivity contribution < 1.29 is 13.2 Å². The average Bonchev–Trinajstić information content (AvgIpc) is 3.22. The summed E-state index contributed by atoms with van der Waals surface area (Å²) in [5.74, 6) is 0.400. The van der Waals surface area contributed by atoms with Gasteiger partial charge in [-0.1, -0.05) is 0 Å². The molecule has 3 heterocycles. The lowest BCUT2D eigenvalue weighted by Gasteiger charge is -2.09.